The van der Waals surface area contributed by atoms with Gasteiger partial charge in [-0.05, 0) is 32.4 Å². The number of hydrogen-bond acceptors (Lipinski definition) is 3. The second kappa shape index (κ2) is 7.69. The topological polar surface area (TPSA) is 54.0 Å². The highest BCUT2D eigenvalue weighted by Gasteiger charge is 2.03. The quantitative estimate of drug-likeness (QED) is 0.728. The molecule has 4 nitrogen and oxygen atoms in total. The van der Waals surface area contributed by atoms with E-state index in [4.69, 9.17) is 0 Å². The van der Waals surface area contributed by atoms with E-state index in [2.05, 4.69) is 36.4 Å². The molecule has 18 heavy (non-hydrogen) atoms. The summed E-state index contributed by atoms with van der Waals surface area (Å²) in [4.78, 5) is 15.8. The maximum absolute atomic E-state index is 11.6. The van der Waals surface area contributed by atoms with Crippen molar-refractivity contribution in [2.24, 2.45) is 0 Å². The van der Waals surface area contributed by atoms with E-state index in [-0.39, 0.29) is 5.91 Å². The summed E-state index contributed by atoms with van der Waals surface area (Å²) in [5.41, 5.74) is 0.755. The van der Waals surface area contributed by atoms with Crippen LogP contribution in [0.2, 0.25) is 0 Å². The predicted molar refractivity (Wildman–Crippen MR) is 75.8 cm³/mol. The van der Waals surface area contributed by atoms with E-state index >= 15 is 0 Å². The minimum Gasteiger partial charge on any atom is -0.368 e. The third-order valence-electron chi connectivity index (χ3n) is 2.49. The normalized spacial score (nSPS) is 10.4. The first kappa shape index (κ1) is 14.5. The second-order valence-electron chi connectivity index (χ2n) is 4.74. The van der Waals surface area contributed by atoms with Crippen molar-refractivity contribution in [3.8, 4) is 0 Å². The summed E-state index contributed by atoms with van der Waals surface area (Å²) in [6.07, 6.45) is 5.44. The van der Waals surface area contributed by atoms with Crippen molar-refractivity contribution in [1.29, 1.82) is 0 Å². The van der Waals surface area contributed by atoms with E-state index in [1.807, 2.05) is 12.1 Å². The number of pyridine rings is 1. The van der Waals surface area contributed by atoms with E-state index in [1.54, 1.807) is 6.20 Å². The van der Waals surface area contributed by atoms with Crippen LogP contribution in [-0.4, -0.2) is 16.9 Å². The standard InChI is InChI=1S/C14H23N3O/c1-4-5-6-7-14(18)17-12-8-9-13(15-10-12)16-11(2)3/h8-11H,4-7H2,1-3H3,(H,15,16)(H,17,18). The number of carbonyl (C=O) groups is 1. The van der Waals surface area contributed by atoms with Crippen LogP contribution in [0, 0.1) is 0 Å². The molecule has 100 valence electrons. The SMILES string of the molecule is CCCCCC(=O)Nc1ccc(NC(C)C)nc1. The minimum absolute atomic E-state index is 0.0646. The van der Waals surface area contributed by atoms with Gasteiger partial charge >= 0.3 is 0 Å². The van der Waals surface area contributed by atoms with Gasteiger partial charge in [0.15, 0.2) is 0 Å². The maximum atomic E-state index is 11.6. The van der Waals surface area contributed by atoms with E-state index in [0.29, 0.717) is 12.5 Å². The lowest BCUT2D eigenvalue weighted by molar-refractivity contribution is -0.116. The Labute approximate surface area is 109 Å². The van der Waals surface area contributed by atoms with Gasteiger partial charge in [-0.15, -0.1) is 0 Å². The predicted octanol–water partition coefficient (Wildman–Crippen LogP) is 3.42. The Hall–Kier alpha value is -1.58. The number of nitrogens with zero attached hydrogens (tertiary/aromatic N) is 1. The Morgan fingerprint density at radius 1 is 1.33 bits per heavy atom. The van der Waals surface area contributed by atoms with Crippen LogP contribution in [0.1, 0.15) is 46.5 Å². The van der Waals surface area contributed by atoms with Gasteiger partial charge in [0.1, 0.15) is 5.82 Å². The van der Waals surface area contributed by atoms with E-state index in [0.717, 1.165) is 30.8 Å². The van der Waals surface area contributed by atoms with Crippen molar-refractivity contribution in [2.45, 2.75) is 52.5 Å². The van der Waals surface area contributed by atoms with E-state index in [1.165, 1.54) is 0 Å². The zero-order chi connectivity index (χ0) is 13.4. The number of hydrogen-bond donors (Lipinski definition) is 2. The highest BCUT2D eigenvalue weighted by atomic mass is 16.1. The molecule has 4 heteroatoms. The van der Waals surface area contributed by atoms with Crippen LogP contribution in [0.15, 0.2) is 18.3 Å². The molecule has 0 saturated carbocycles. The molecular formula is C14H23N3O. The lowest BCUT2D eigenvalue weighted by Crippen LogP contribution is -2.13. The molecule has 0 spiro atoms. The number of unbranched alkanes of at least 4 members (excludes halogenated alkanes) is 2. The summed E-state index contributed by atoms with van der Waals surface area (Å²) in [6.45, 7) is 6.25. The molecule has 0 aliphatic carbocycles. The first-order chi connectivity index (χ1) is 8.61. The summed E-state index contributed by atoms with van der Waals surface area (Å²) < 4.78 is 0. The molecule has 1 heterocycles. The van der Waals surface area contributed by atoms with Crippen molar-refractivity contribution in [1.82, 2.24) is 4.98 Å². The fourth-order valence-electron chi connectivity index (χ4n) is 1.61. The highest BCUT2D eigenvalue weighted by molar-refractivity contribution is 5.90. The summed E-state index contributed by atoms with van der Waals surface area (Å²) in [5, 5.41) is 6.06. The van der Waals surface area contributed by atoms with Gasteiger partial charge in [0, 0.05) is 12.5 Å². The monoisotopic (exact) mass is 249 g/mol. The van der Waals surface area contributed by atoms with Gasteiger partial charge in [0.2, 0.25) is 5.91 Å². The van der Waals surface area contributed by atoms with Crippen molar-refractivity contribution >= 4 is 17.4 Å². The number of amides is 1. The fraction of sp³-hybridized carbons (Fsp3) is 0.571. The summed E-state index contributed by atoms with van der Waals surface area (Å²) in [7, 11) is 0. The van der Waals surface area contributed by atoms with E-state index < -0.39 is 0 Å². The molecule has 1 aromatic heterocycles. The first-order valence-electron chi connectivity index (χ1n) is 6.64. The Morgan fingerprint density at radius 2 is 2.11 bits per heavy atom. The molecule has 0 unspecified atom stereocenters. The van der Waals surface area contributed by atoms with Crippen molar-refractivity contribution in [2.75, 3.05) is 10.6 Å². The lowest BCUT2D eigenvalue weighted by Gasteiger charge is -2.09. The third kappa shape index (κ3) is 5.66. The number of carbonyl (C=O) groups excluding carboxylic acids is 1. The zero-order valence-electron chi connectivity index (χ0n) is 11.5. The zero-order valence-corrected chi connectivity index (χ0v) is 11.5. The van der Waals surface area contributed by atoms with Crippen LogP contribution < -0.4 is 10.6 Å². The number of rotatable bonds is 7. The van der Waals surface area contributed by atoms with Gasteiger partial charge in [-0.25, -0.2) is 4.98 Å². The Kier molecular flexibility index (Phi) is 6.19. The van der Waals surface area contributed by atoms with Crippen molar-refractivity contribution in [3.63, 3.8) is 0 Å². The summed E-state index contributed by atoms with van der Waals surface area (Å²) in [6, 6.07) is 4.10. The lowest BCUT2D eigenvalue weighted by atomic mass is 10.2. The maximum Gasteiger partial charge on any atom is 0.224 e. The van der Waals surface area contributed by atoms with E-state index in [9.17, 15) is 4.79 Å². The second-order valence-corrected chi connectivity index (χ2v) is 4.74. The molecule has 0 fully saturated rings. The van der Waals surface area contributed by atoms with Crippen LogP contribution in [0.4, 0.5) is 11.5 Å². The molecule has 1 aromatic rings. The molecule has 0 atom stereocenters. The van der Waals surface area contributed by atoms with Crippen LogP contribution in [0.3, 0.4) is 0 Å². The summed E-state index contributed by atoms with van der Waals surface area (Å²) in [5.74, 6) is 0.892. The number of nitrogens with one attached hydrogen (secondary N) is 2. The fourth-order valence-corrected chi connectivity index (χ4v) is 1.61. The van der Waals surface area contributed by atoms with Gasteiger partial charge in [-0.2, -0.15) is 0 Å². The number of aromatic nitrogens is 1. The van der Waals surface area contributed by atoms with Gasteiger partial charge in [-0.1, -0.05) is 19.8 Å². The molecule has 0 saturated heterocycles. The molecule has 1 rings (SSSR count). The van der Waals surface area contributed by atoms with Crippen LogP contribution in [-0.2, 0) is 4.79 Å². The van der Waals surface area contributed by atoms with Gasteiger partial charge in [-0.3, -0.25) is 4.79 Å². The van der Waals surface area contributed by atoms with Gasteiger partial charge in [0.05, 0.1) is 11.9 Å². The molecule has 2 N–H and O–H groups in total. The summed E-state index contributed by atoms with van der Waals surface area (Å²) >= 11 is 0. The molecule has 0 radical (unpaired) electrons. The Balaban J connectivity index is 2.40. The first-order valence-corrected chi connectivity index (χ1v) is 6.64. The largest absolute Gasteiger partial charge is 0.368 e. The smallest absolute Gasteiger partial charge is 0.224 e. The van der Waals surface area contributed by atoms with Crippen LogP contribution >= 0.6 is 0 Å². The molecule has 0 bridgehead atoms. The van der Waals surface area contributed by atoms with Gasteiger partial charge in [0.25, 0.3) is 0 Å². The molecule has 0 aliphatic heterocycles. The van der Waals surface area contributed by atoms with Crippen LogP contribution in [0.25, 0.3) is 0 Å². The van der Waals surface area contributed by atoms with Crippen molar-refractivity contribution in [3.05, 3.63) is 18.3 Å². The van der Waals surface area contributed by atoms with Gasteiger partial charge < -0.3 is 10.6 Å². The molecule has 0 aromatic carbocycles. The number of anilines is 2. The molecule has 0 aliphatic rings. The highest BCUT2D eigenvalue weighted by Crippen LogP contribution is 2.11. The average Bonchev–Trinajstić information content (AvgIpc) is 2.31. The Bertz CT molecular complexity index is 360. The molecular weight excluding hydrogens is 226 g/mol. The third-order valence-corrected chi connectivity index (χ3v) is 2.49. The molecule has 1 amide bonds. The van der Waals surface area contributed by atoms with Crippen molar-refractivity contribution < 1.29 is 4.79 Å². The average molecular weight is 249 g/mol. The van der Waals surface area contributed by atoms with Crippen LogP contribution in [0.5, 0.6) is 0 Å². The Morgan fingerprint density at radius 3 is 2.67 bits per heavy atom. The minimum atomic E-state index is 0.0646.